The van der Waals surface area contributed by atoms with Gasteiger partial charge in [0.15, 0.2) is 0 Å². The SMILES string of the molecule is Cc1ccc(NC(=O)N2CCN(c3cccc4[nH]ccc34)CC2)cc1C. The van der Waals surface area contributed by atoms with Crippen LogP contribution in [0.5, 0.6) is 0 Å². The van der Waals surface area contributed by atoms with Gasteiger partial charge in [0.2, 0.25) is 0 Å². The van der Waals surface area contributed by atoms with E-state index in [2.05, 4.69) is 53.3 Å². The maximum Gasteiger partial charge on any atom is 0.321 e. The molecule has 2 N–H and O–H groups in total. The number of carbonyl (C=O) groups is 1. The molecule has 1 aliphatic rings. The molecule has 2 amide bonds. The maximum atomic E-state index is 12.6. The number of carbonyl (C=O) groups excluding carboxylic acids is 1. The Morgan fingerprint density at radius 1 is 1.00 bits per heavy atom. The second kappa shape index (κ2) is 6.75. The lowest BCUT2D eigenvalue weighted by Crippen LogP contribution is -2.50. The molecular weight excluding hydrogens is 324 g/mol. The van der Waals surface area contributed by atoms with Gasteiger partial charge in [0.05, 0.1) is 0 Å². The fourth-order valence-corrected chi connectivity index (χ4v) is 3.52. The van der Waals surface area contributed by atoms with E-state index in [1.807, 2.05) is 29.3 Å². The number of aromatic nitrogens is 1. The summed E-state index contributed by atoms with van der Waals surface area (Å²) in [7, 11) is 0. The number of H-pyrrole nitrogens is 1. The number of fused-ring (bicyclic) bond motifs is 1. The molecule has 0 unspecified atom stereocenters. The van der Waals surface area contributed by atoms with Crippen LogP contribution in [0.4, 0.5) is 16.2 Å². The van der Waals surface area contributed by atoms with Crippen molar-refractivity contribution in [3.8, 4) is 0 Å². The Morgan fingerprint density at radius 3 is 2.58 bits per heavy atom. The number of anilines is 2. The van der Waals surface area contributed by atoms with Crippen molar-refractivity contribution in [2.75, 3.05) is 36.4 Å². The third-order valence-electron chi connectivity index (χ3n) is 5.24. The molecule has 0 bridgehead atoms. The maximum absolute atomic E-state index is 12.6. The van der Waals surface area contributed by atoms with Crippen LogP contribution < -0.4 is 10.2 Å². The lowest BCUT2D eigenvalue weighted by atomic mass is 10.1. The van der Waals surface area contributed by atoms with Crippen molar-refractivity contribution in [1.29, 1.82) is 0 Å². The molecule has 26 heavy (non-hydrogen) atoms. The van der Waals surface area contributed by atoms with Crippen LogP contribution in [-0.4, -0.2) is 42.1 Å². The largest absolute Gasteiger partial charge is 0.367 e. The van der Waals surface area contributed by atoms with Crippen molar-refractivity contribution in [1.82, 2.24) is 9.88 Å². The van der Waals surface area contributed by atoms with Gasteiger partial charge in [-0.2, -0.15) is 0 Å². The molecule has 0 saturated carbocycles. The monoisotopic (exact) mass is 348 g/mol. The quantitative estimate of drug-likeness (QED) is 0.731. The molecule has 134 valence electrons. The fourth-order valence-electron chi connectivity index (χ4n) is 3.52. The van der Waals surface area contributed by atoms with Crippen LogP contribution >= 0.6 is 0 Å². The van der Waals surface area contributed by atoms with Gasteiger partial charge in [0.1, 0.15) is 0 Å². The smallest absolute Gasteiger partial charge is 0.321 e. The summed E-state index contributed by atoms with van der Waals surface area (Å²) in [5.41, 5.74) is 5.66. The molecule has 0 radical (unpaired) electrons. The number of benzene rings is 2. The summed E-state index contributed by atoms with van der Waals surface area (Å²) >= 11 is 0. The number of nitrogens with zero attached hydrogens (tertiary/aromatic N) is 2. The minimum atomic E-state index is -0.0206. The van der Waals surface area contributed by atoms with Crippen LogP contribution in [0.3, 0.4) is 0 Å². The number of aromatic amines is 1. The van der Waals surface area contributed by atoms with Crippen molar-refractivity contribution in [2.24, 2.45) is 0 Å². The minimum absolute atomic E-state index is 0.0206. The second-order valence-electron chi connectivity index (χ2n) is 6.92. The molecule has 4 rings (SSSR count). The average Bonchev–Trinajstić information content (AvgIpc) is 3.14. The summed E-state index contributed by atoms with van der Waals surface area (Å²) in [5, 5.41) is 4.26. The predicted octanol–water partition coefficient (Wildman–Crippen LogP) is 4.14. The lowest BCUT2D eigenvalue weighted by Gasteiger charge is -2.36. The highest BCUT2D eigenvalue weighted by Gasteiger charge is 2.22. The van der Waals surface area contributed by atoms with E-state index in [4.69, 9.17) is 0 Å². The Balaban J connectivity index is 1.40. The van der Waals surface area contributed by atoms with Crippen molar-refractivity contribution in [3.63, 3.8) is 0 Å². The van der Waals surface area contributed by atoms with E-state index in [9.17, 15) is 4.79 Å². The zero-order valence-electron chi connectivity index (χ0n) is 15.2. The molecule has 0 atom stereocenters. The minimum Gasteiger partial charge on any atom is -0.367 e. The molecule has 0 spiro atoms. The number of hydrogen-bond donors (Lipinski definition) is 2. The number of nitrogens with one attached hydrogen (secondary N) is 2. The van der Waals surface area contributed by atoms with Crippen molar-refractivity contribution < 1.29 is 4.79 Å². The van der Waals surface area contributed by atoms with Crippen LogP contribution in [0.15, 0.2) is 48.7 Å². The van der Waals surface area contributed by atoms with Crippen molar-refractivity contribution >= 4 is 28.3 Å². The highest BCUT2D eigenvalue weighted by atomic mass is 16.2. The Bertz CT molecular complexity index is 938. The zero-order chi connectivity index (χ0) is 18.1. The van der Waals surface area contributed by atoms with Crippen molar-refractivity contribution in [2.45, 2.75) is 13.8 Å². The van der Waals surface area contributed by atoms with Crippen LogP contribution in [0.25, 0.3) is 10.9 Å². The molecule has 2 aromatic carbocycles. The van der Waals surface area contributed by atoms with E-state index in [-0.39, 0.29) is 6.03 Å². The molecule has 1 aromatic heterocycles. The third kappa shape index (κ3) is 3.12. The van der Waals surface area contributed by atoms with Gasteiger partial charge < -0.3 is 20.1 Å². The molecule has 5 nitrogen and oxygen atoms in total. The molecule has 0 aliphatic carbocycles. The summed E-state index contributed by atoms with van der Waals surface area (Å²) < 4.78 is 0. The van der Waals surface area contributed by atoms with Gasteiger partial charge in [0, 0.05) is 54.7 Å². The van der Waals surface area contributed by atoms with Crippen LogP contribution in [0.2, 0.25) is 0 Å². The van der Waals surface area contributed by atoms with E-state index in [1.54, 1.807) is 0 Å². The van der Waals surface area contributed by atoms with E-state index >= 15 is 0 Å². The Hall–Kier alpha value is -2.95. The van der Waals surface area contributed by atoms with E-state index in [1.165, 1.54) is 22.2 Å². The van der Waals surface area contributed by atoms with Gasteiger partial charge in [0.25, 0.3) is 0 Å². The molecule has 2 heterocycles. The van der Waals surface area contributed by atoms with Gasteiger partial charge in [-0.15, -0.1) is 0 Å². The molecular formula is C21H24N4O. The van der Waals surface area contributed by atoms with Crippen LogP contribution in [0.1, 0.15) is 11.1 Å². The summed E-state index contributed by atoms with van der Waals surface area (Å²) in [6.07, 6.45) is 1.97. The summed E-state index contributed by atoms with van der Waals surface area (Å²) in [6.45, 7) is 7.25. The first-order valence-corrected chi connectivity index (χ1v) is 9.06. The molecule has 1 saturated heterocycles. The zero-order valence-corrected chi connectivity index (χ0v) is 15.2. The van der Waals surface area contributed by atoms with Gasteiger partial charge in [-0.05, 0) is 55.3 Å². The van der Waals surface area contributed by atoms with Gasteiger partial charge in [-0.1, -0.05) is 12.1 Å². The average molecular weight is 348 g/mol. The molecule has 1 aliphatic heterocycles. The Morgan fingerprint density at radius 2 is 1.81 bits per heavy atom. The van der Waals surface area contributed by atoms with E-state index in [0.29, 0.717) is 0 Å². The summed E-state index contributed by atoms with van der Waals surface area (Å²) in [4.78, 5) is 20.1. The first kappa shape index (κ1) is 16.5. The van der Waals surface area contributed by atoms with Crippen molar-refractivity contribution in [3.05, 3.63) is 59.8 Å². The fraction of sp³-hybridized carbons (Fsp3) is 0.286. The van der Waals surface area contributed by atoms with Gasteiger partial charge >= 0.3 is 6.03 Å². The molecule has 3 aromatic rings. The Labute approximate surface area is 153 Å². The summed E-state index contributed by atoms with van der Waals surface area (Å²) in [6, 6.07) is 14.4. The predicted molar refractivity (Wildman–Crippen MR) is 107 cm³/mol. The number of hydrogen-bond acceptors (Lipinski definition) is 2. The number of urea groups is 1. The number of rotatable bonds is 2. The first-order valence-electron chi connectivity index (χ1n) is 9.06. The molecule has 1 fully saturated rings. The van der Waals surface area contributed by atoms with Crippen LogP contribution in [-0.2, 0) is 0 Å². The topological polar surface area (TPSA) is 51.4 Å². The van der Waals surface area contributed by atoms with Gasteiger partial charge in [-0.25, -0.2) is 4.79 Å². The Kier molecular flexibility index (Phi) is 4.29. The van der Waals surface area contributed by atoms with E-state index < -0.39 is 0 Å². The second-order valence-corrected chi connectivity index (χ2v) is 6.92. The molecule has 5 heteroatoms. The third-order valence-corrected chi connectivity index (χ3v) is 5.24. The summed E-state index contributed by atoms with van der Waals surface area (Å²) in [5.74, 6) is 0. The van der Waals surface area contributed by atoms with E-state index in [0.717, 1.165) is 37.4 Å². The highest BCUT2D eigenvalue weighted by Crippen LogP contribution is 2.27. The number of piperazine rings is 1. The van der Waals surface area contributed by atoms with Gasteiger partial charge in [-0.3, -0.25) is 0 Å². The standard InChI is InChI=1S/C21H24N4O/c1-15-6-7-17(14-16(15)2)23-21(26)25-12-10-24(11-13-25)20-5-3-4-19-18(20)8-9-22-19/h3-9,14,22H,10-13H2,1-2H3,(H,23,26). The van der Waals surface area contributed by atoms with Crippen LogP contribution in [0, 0.1) is 13.8 Å². The highest BCUT2D eigenvalue weighted by molar-refractivity contribution is 5.93. The number of amides is 2. The lowest BCUT2D eigenvalue weighted by molar-refractivity contribution is 0.208. The number of aryl methyl sites for hydroxylation is 2. The first-order chi connectivity index (χ1) is 12.6. The normalized spacial score (nSPS) is 14.7.